The first-order chi connectivity index (χ1) is 14.0. The highest BCUT2D eigenvalue weighted by Crippen LogP contribution is 2.32. The number of anilines is 1. The van der Waals surface area contributed by atoms with Crippen LogP contribution in [0.4, 0.5) is 10.2 Å². The molecule has 0 aliphatic rings. The van der Waals surface area contributed by atoms with Crippen LogP contribution in [0.3, 0.4) is 0 Å². The molecule has 0 spiro atoms. The number of hydrogen-bond acceptors (Lipinski definition) is 7. The molecule has 2 aromatic carbocycles. The molecule has 8 nitrogen and oxygen atoms in total. The van der Waals surface area contributed by atoms with Gasteiger partial charge in [-0.2, -0.15) is 15.2 Å². The quantitative estimate of drug-likeness (QED) is 0.452. The van der Waals surface area contributed by atoms with Crippen LogP contribution in [0, 0.1) is 12.7 Å². The van der Waals surface area contributed by atoms with Gasteiger partial charge in [-0.15, -0.1) is 0 Å². The third-order valence-corrected chi connectivity index (χ3v) is 4.26. The van der Waals surface area contributed by atoms with E-state index in [1.165, 1.54) is 25.5 Å². The lowest BCUT2D eigenvalue weighted by atomic mass is 10.2. The first-order valence-corrected chi connectivity index (χ1v) is 8.82. The van der Waals surface area contributed by atoms with Gasteiger partial charge in [-0.05, 0) is 31.2 Å². The number of para-hydroxylation sites is 1. The zero-order valence-corrected chi connectivity index (χ0v) is 16.3. The zero-order chi connectivity index (χ0) is 20.8. The first-order valence-electron chi connectivity index (χ1n) is 8.44. The van der Waals surface area contributed by atoms with Gasteiger partial charge >= 0.3 is 5.69 Å². The molecule has 0 fully saturated rings. The van der Waals surface area contributed by atoms with E-state index in [1.807, 2.05) is 0 Å². The van der Waals surface area contributed by atoms with Crippen LogP contribution in [-0.2, 0) is 6.61 Å². The number of nitrogens with one attached hydrogen (secondary N) is 2. The van der Waals surface area contributed by atoms with E-state index in [1.54, 1.807) is 31.2 Å². The number of nitrogens with zero attached hydrogens (tertiary/aromatic N) is 3. The van der Waals surface area contributed by atoms with Gasteiger partial charge in [0.15, 0.2) is 17.3 Å². The van der Waals surface area contributed by atoms with Gasteiger partial charge in [0.1, 0.15) is 18.1 Å². The number of benzene rings is 2. The summed E-state index contributed by atoms with van der Waals surface area (Å²) in [6.07, 6.45) is 1.46. The normalized spacial score (nSPS) is 10.9. The summed E-state index contributed by atoms with van der Waals surface area (Å²) in [5.74, 6) is 0.545. The molecule has 0 bridgehead atoms. The Balaban J connectivity index is 1.84. The number of hydrogen-bond donors (Lipinski definition) is 2. The maximum Gasteiger partial charge on any atom is 0.363 e. The fourth-order valence-electron chi connectivity index (χ4n) is 2.43. The highest BCUT2D eigenvalue weighted by Gasteiger charge is 2.13. The summed E-state index contributed by atoms with van der Waals surface area (Å²) >= 11 is 6.06. The second kappa shape index (κ2) is 9.16. The van der Waals surface area contributed by atoms with Gasteiger partial charge in [0.05, 0.1) is 18.3 Å². The number of aromatic amines is 1. The molecule has 0 aliphatic carbocycles. The number of ether oxygens (including phenoxy) is 2. The molecule has 0 radical (unpaired) electrons. The topological polar surface area (TPSA) is 101 Å². The highest BCUT2D eigenvalue weighted by molar-refractivity contribution is 6.31. The molecule has 1 aromatic heterocycles. The summed E-state index contributed by atoms with van der Waals surface area (Å²) in [5, 5.41) is 10.4. The number of halogens is 2. The molecule has 3 rings (SSSR count). The molecular weight excluding hydrogens is 401 g/mol. The summed E-state index contributed by atoms with van der Waals surface area (Å²) in [5.41, 5.74) is 3.32. The van der Waals surface area contributed by atoms with Crippen LogP contribution in [0.15, 0.2) is 46.3 Å². The average molecular weight is 418 g/mol. The van der Waals surface area contributed by atoms with E-state index in [-0.39, 0.29) is 23.0 Å². The standard InChI is InChI=1S/C19H17ClFN5O3/c1-11-18(23-19(27)26-24-11)25-22-9-12-5-3-8-16(28-2)17(12)29-10-13-14(20)6-4-7-15(13)21/h3-9H,10H2,1-2H3,(H2,23,25,26,27)/b22-9+. The zero-order valence-electron chi connectivity index (χ0n) is 15.6. The van der Waals surface area contributed by atoms with Crippen LogP contribution in [0.2, 0.25) is 5.02 Å². The van der Waals surface area contributed by atoms with Crippen molar-refractivity contribution in [3.05, 3.63) is 74.5 Å². The van der Waals surface area contributed by atoms with Crippen LogP contribution >= 0.6 is 11.6 Å². The van der Waals surface area contributed by atoms with Crippen molar-refractivity contribution in [2.24, 2.45) is 5.10 Å². The summed E-state index contributed by atoms with van der Waals surface area (Å²) in [4.78, 5) is 15.0. The highest BCUT2D eigenvalue weighted by atomic mass is 35.5. The molecule has 0 aliphatic heterocycles. The minimum Gasteiger partial charge on any atom is -0.493 e. The minimum atomic E-state index is -0.597. The number of rotatable bonds is 7. The number of hydrazone groups is 1. The number of aromatic nitrogens is 3. The van der Waals surface area contributed by atoms with Crippen molar-refractivity contribution < 1.29 is 13.9 Å². The molecule has 0 saturated carbocycles. The lowest BCUT2D eigenvalue weighted by Crippen LogP contribution is -2.15. The molecule has 150 valence electrons. The molecule has 10 heteroatoms. The Hall–Kier alpha value is -3.46. The summed E-state index contributed by atoms with van der Waals surface area (Å²) in [7, 11) is 1.49. The molecule has 0 atom stereocenters. The maximum atomic E-state index is 14.0. The van der Waals surface area contributed by atoms with Crippen molar-refractivity contribution in [1.29, 1.82) is 0 Å². The fourth-order valence-corrected chi connectivity index (χ4v) is 2.64. The number of methoxy groups -OCH3 is 1. The van der Waals surface area contributed by atoms with Crippen molar-refractivity contribution in [3.8, 4) is 11.5 Å². The van der Waals surface area contributed by atoms with E-state index >= 15 is 0 Å². The van der Waals surface area contributed by atoms with Crippen LogP contribution in [0.5, 0.6) is 11.5 Å². The Bertz CT molecular complexity index is 1080. The molecule has 29 heavy (non-hydrogen) atoms. The van der Waals surface area contributed by atoms with Crippen molar-refractivity contribution in [1.82, 2.24) is 15.2 Å². The minimum absolute atomic E-state index is 0.0984. The smallest absolute Gasteiger partial charge is 0.363 e. The number of H-pyrrole nitrogens is 1. The van der Waals surface area contributed by atoms with Gasteiger partial charge in [-0.25, -0.2) is 14.3 Å². The SMILES string of the molecule is COc1cccc(/C=N/Nc2nc(=O)[nH]nc2C)c1OCc1c(F)cccc1Cl. The molecule has 1 heterocycles. The van der Waals surface area contributed by atoms with E-state index in [9.17, 15) is 9.18 Å². The second-order valence-electron chi connectivity index (χ2n) is 5.81. The molecular formula is C19H17ClFN5O3. The van der Waals surface area contributed by atoms with E-state index in [0.717, 1.165) is 0 Å². The monoisotopic (exact) mass is 417 g/mol. The van der Waals surface area contributed by atoms with Gasteiger partial charge in [0.2, 0.25) is 0 Å². The third-order valence-electron chi connectivity index (χ3n) is 3.90. The van der Waals surface area contributed by atoms with Gasteiger partial charge < -0.3 is 9.47 Å². The summed E-state index contributed by atoms with van der Waals surface area (Å²) in [6.45, 7) is 1.57. The molecule has 2 N–H and O–H groups in total. The largest absolute Gasteiger partial charge is 0.493 e. The Kier molecular flexibility index (Phi) is 6.40. The van der Waals surface area contributed by atoms with Gasteiger partial charge in [0.25, 0.3) is 0 Å². The van der Waals surface area contributed by atoms with E-state index < -0.39 is 11.5 Å². The Morgan fingerprint density at radius 2 is 2.10 bits per heavy atom. The summed E-state index contributed by atoms with van der Waals surface area (Å²) in [6, 6.07) is 9.61. The van der Waals surface area contributed by atoms with E-state index in [2.05, 4.69) is 25.7 Å². The Morgan fingerprint density at radius 1 is 1.31 bits per heavy atom. The van der Waals surface area contributed by atoms with Crippen molar-refractivity contribution in [2.75, 3.05) is 12.5 Å². The third kappa shape index (κ3) is 4.88. The van der Waals surface area contributed by atoms with Crippen LogP contribution in [-0.4, -0.2) is 28.5 Å². The van der Waals surface area contributed by atoms with Crippen LogP contribution < -0.4 is 20.6 Å². The fraction of sp³-hybridized carbons (Fsp3) is 0.158. The van der Waals surface area contributed by atoms with E-state index in [4.69, 9.17) is 21.1 Å². The van der Waals surface area contributed by atoms with Crippen molar-refractivity contribution in [3.63, 3.8) is 0 Å². The predicted octanol–water partition coefficient (Wildman–Crippen LogP) is 3.30. The van der Waals surface area contributed by atoms with Gasteiger partial charge in [-0.1, -0.05) is 23.7 Å². The first kappa shape index (κ1) is 20.3. The average Bonchev–Trinajstić information content (AvgIpc) is 2.70. The van der Waals surface area contributed by atoms with Crippen molar-refractivity contribution >= 4 is 23.6 Å². The maximum absolute atomic E-state index is 14.0. The Morgan fingerprint density at radius 3 is 2.86 bits per heavy atom. The molecule has 3 aromatic rings. The molecule has 0 saturated heterocycles. The lowest BCUT2D eigenvalue weighted by molar-refractivity contribution is 0.279. The number of aryl methyl sites for hydroxylation is 1. The predicted molar refractivity (Wildman–Crippen MR) is 107 cm³/mol. The van der Waals surface area contributed by atoms with Crippen LogP contribution in [0.25, 0.3) is 0 Å². The second-order valence-corrected chi connectivity index (χ2v) is 6.22. The Labute approximate surface area is 170 Å². The van der Waals surface area contributed by atoms with Crippen LogP contribution in [0.1, 0.15) is 16.8 Å². The molecule has 0 amide bonds. The lowest BCUT2D eigenvalue weighted by Gasteiger charge is -2.14. The van der Waals surface area contributed by atoms with Gasteiger partial charge in [-0.3, -0.25) is 5.43 Å². The van der Waals surface area contributed by atoms with E-state index in [0.29, 0.717) is 22.8 Å². The molecule has 0 unspecified atom stereocenters. The van der Waals surface area contributed by atoms with Crippen molar-refractivity contribution in [2.45, 2.75) is 13.5 Å². The summed E-state index contributed by atoms with van der Waals surface area (Å²) < 4.78 is 25.2. The van der Waals surface area contributed by atoms with Gasteiger partial charge in [0, 0.05) is 11.1 Å².